The molecule has 3 aromatic carbocycles. The van der Waals surface area contributed by atoms with E-state index >= 15 is 0 Å². The molecule has 3 rings (SSSR count). The summed E-state index contributed by atoms with van der Waals surface area (Å²) in [6.07, 6.45) is 0. The van der Waals surface area contributed by atoms with Gasteiger partial charge in [0.1, 0.15) is 12.4 Å². The first-order chi connectivity index (χ1) is 14.8. The Hall–Kier alpha value is -3.32. The molecule has 0 radical (unpaired) electrons. The van der Waals surface area contributed by atoms with Gasteiger partial charge in [0.15, 0.2) is 0 Å². The van der Waals surface area contributed by atoms with Gasteiger partial charge in [0.2, 0.25) is 0 Å². The molecule has 0 fully saturated rings. The Bertz CT molecular complexity index is 1180. The van der Waals surface area contributed by atoms with Gasteiger partial charge in [-0.3, -0.25) is 9.52 Å². The van der Waals surface area contributed by atoms with Crippen molar-refractivity contribution in [2.75, 3.05) is 17.9 Å². The zero-order chi connectivity index (χ0) is 22.4. The van der Waals surface area contributed by atoms with E-state index in [0.717, 1.165) is 16.9 Å². The summed E-state index contributed by atoms with van der Waals surface area (Å²) in [5, 5.41) is 2.82. The predicted octanol–water partition coefficient (Wildman–Crippen LogP) is 4.22. The van der Waals surface area contributed by atoms with Gasteiger partial charge >= 0.3 is 0 Å². The lowest BCUT2D eigenvalue weighted by Crippen LogP contribution is -2.29. The number of aryl methyl sites for hydroxylation is 2. The van der Waals surface area contributed by atoms with Crippen LogP contribution in [0.15, 0.2) is 71.6 Å². The third kappa shape index (κ3) is 5.64. The van der Waals surface area contributed by atoms with E-state index in [2.05, 4.69) is 10.0 Å². The lowest BCUT2D eigenvalue weighted by atomic mass is 10.1. The second kappa shape index (κ2) is 9.66. The lowest BCUT2D eigenvalue weighted by molar-refractivity contribution is 0.0946. The number of hydrogen-bond donors (Lipinski definition) is 2. The molecule has 2 N–H and O–H groups in total. The Labute approximate surface area is 183 Å². The van der Waals surface area contributed by atoms with Gasteiger partial charge < -0.3 is 10.1 Å². The van der Waals surface area contributed by atoms with Crippen LogP contribution in [0.5, 0.6) is 5.75 Å². The highest BCUT2D eigenvalue weighted by atomic mass is 32.2. The summed E-state index contributed by atoms with van der Waals surface area (Å²) in [7, 11) is -3.74. The molecule has 6 nitrogen and oxygen atoms in total. The largest absolute Gasteiger partial charge is 0.491 e. The second-order valence-electron chi connectivity index (χ2n) is 7.27. The monoisotopic (exact) mass is 438 g/mol. The molecule has 0 heterocycles. The van der Waals surface area contributed by atoms with Gasteiger partial charge in [-0.15, -0.1) is 0 Å². The van der Waals surface area contributed by atoms with Crippen LogP contribution in [0.1, 0.15) is 27.0 Å². The first kappa shape index (κ1) is 22.4. The van der Waals surface area contributed by atoms with Crippen LogP contribution in [0, 0.1) is 20.8 Å². The maximum atomic E-state index is 12.6. The molecule has 1 amide bonds. The Morgan fingerprint density at radius 3 is 2.42 bits per heavy atom. The molecular formula is C24H26N2O4S. The number of benzene rings is 3. The van der Waals surface area contributed by atoms with E-state index in [0.29, 0.717) is 30.0 Å². The molecule has 0 saturated carbocycles. The number of amides is 1. The molecule has 3 aromatic rings. The number of nitrogens with one attached hydrogen (secondary N) is 2. The van der Waals surface area contributed by atoms with Crippen molar-refractivity contribution in [3.63, 3.8) is 0 Å². The van der Waals surface area contributed by atoms with Gasteiger partial charge in [0.05, 0.1) is 17.1 Å². The summed E-state index contributed by atoms with van der Waals surface area (Å²) in [5.41, 5.74) is 3.46. The van der Waals surface area contributed by atoms with E-state index in [9.17, 15) is 13.2 Å². The Kier molecular flexibility index (Phi) is 6.97. The van der Waals surface area contributed by atoms with Crippen molar-refractivity contribution < 1.29 is 17.9 Å². The molecule has 0 atom stereocenters. The van der Waals surface area contributed by atoms with Crippen molar-refractivity contribution in [1.29, 1.82) is 0 Å². The van der Waals surface area contributed by atoms with Crippen molar-refractivity contribution in [3.05, 3.63) is 89.0 Å². The SMILES string of the molecule is Cc1ccc(C)c(OCCNC(=O)c2cccc(NS(=O)(=O)c3ccccc3)c2C)c1. The van der Waals surface area contributed by atoms with Crippen LogP contribution < -0.4 is 14.8 Å². The van der Waals surface area contributed by atoms with Crippen molar-refractivity contribution >= 4 is 21.6 Å². The maximum absolute atomic E-state index is 12.6. The molecule has 0 unspecified atom stereocenters. The Morgan fingerprint density at radius 2 is 1.68 bits per heavy atom. The van der Waals surface area contributed by atoms with Crippen LogP contribution in [0.3, 0.4) is 0 Å². The van der Waals surface area contributed by atoms with Crippen LogP contribution in [0.2, 0.25) is 0 Å². The molecule has 162 valence electrons. The third-order valence-corrected chi connectivity index (χ3v) is 6.25. The highest BCUT2D eigenvalue weighted by molar-refractivity contribution is 7.92. The highest BCUT2D eigenvalue weighted by Gasteiger charge is 2.17. The maximum Gasteiger partial charge on any atom is 0.261 e. The normalized spacial score (nSPS) is 11.1. The molecular weight excluding hydrogens is 412 g/mol. The van der Waals surface area contributed by atoms with Gasteiger partial charge in [-0.2, -0.15) is 0 Å². The Balaban J connectivity index is 1.64. The van der Waals surface area contributed by atoms with Crippen molar-refractivity contribution in [1.82, 2.24) is 5.32 Å². The van der Waals surface area contributed by atoms with Gasteiger partial charge in [0.25, 0.3) is 15.9 Å². The van der Waals surface area contributed by atoms with Crippen LogP contribution in [0.25, 0.3) is 0 Å². The fourth-order valence-corrected chi connectivity index (χ4v) is 4.22. The van der Waals surface area contributed by atoms with E-state index < -0.39 is 10.0 Å². The quantitative estimate of drug-likeness (QED) is 0.516. The number of hydrogen-bond acceptors (Lipinski definition) is 4. The molecule has 0 aromatic heterocycles. The number of ether oxygens (including phenoxy) is 1. The molecule has 0 aliphatic heterocycles. The molecule has 0 bridgehead atoms. The van der Waals surface area contributed by atoms with Gasteiger partial charge in [-0.1, -0.05) is 36.4 Å². The fraction of sp³-hybridized carbons (Fsp3) is 0.208. The third-order valence-electron chi connectivity index (χ3n) is 4.87. The van der Waals surface area contributed by atoms with Gasteiger partial charge in [0, 0.05) is 5.56 Å². The fourth-order valence-electron chi connectivity index (χ4n) is 3.08. The first-order valence-corrected chi connectivity index (χ1v) is 11.4. The highest BCUT2D eigenvalue weighted by Crippen LogP contribution is 2.23. The zero-order valence-corrected chi connectivity index (χ0v) is 18.6. The summed E-state index contributed by atoms with van der Waals surface area (Å²) >= 11 is 0. The molecule has 0 aliphatic rings. The molecule has 7 heteroatoms. The van der Waals surface area contributed by atoms with Gasteiger partial charge in [-0.05, 0) is 67.8 Å². The molecule has 0 saturated heterocycles. The van der Waals surface area contributed by atoms with E-state index in [4.69, 9.17) is 4.74 Å². The topological polar surface area (TPSA) is 84.5 Å². The first-order valence-electron chi connectivity index (χ1n) is 9.93. The van der Waals surface area contributed by atoms with Gasteiger partial charge in [-0.25, -0.2) is 8.42 Å². The second-order valence-corrected chi connectivity index (χ2v) is 8.95. The lowest BCUT2D eigenvalue weighted by Gasteiger charge is -2.14. The van der Waals surface area contributed by atoms with E-state index in [1.54, 1.807) is 43.3 Å². The summed E-state index contributed by atoms with van der Waals surface area (Å²) in [4.78, 5) is 12.8. The van der Waals surface area contributed by atoms with E-state index in [-0.39, 0.29) is 10.8 Å². The molecule has 0 aliphatic carbocycles. The summed E-state index contributed by atoms with van der Waals surface area (Å²) in [6, 6.07) is 19.0. The van der Waals surface area contributed by atoms with Crippen LogP contribution in [-0.2, 0) is 10.0 Å². The zero-order valence-electron chi connectivity index (χ0n) is 17.8. The number of anilines is 1. The van der Waals surface area contributed by atoms with Crippen LogP contribution in [0.4, 0.5) is 5.69 Å². The predicted molar refractivity (Wildman–Crippen MR) is 122 cm³/mol. The average molecular weight is 439 g/mol. The summed E-state index contributed by atoms with van der Waals surface area (Å²) < 4.78 is 33.5. The van der Waals surface area contributed by atoms with Crippen molar-refractivity contribution in [2.45, 2.75) is 25.7 Å². The standard InChI is InChI=1S/C24H26N2O4S/c1-17-12-13-18(2)23(16-17)30-15-14-25-24(27)21-10-7-11-22(19(21)3)26-31(28,29)20-8-5-4-6-9-20/h4-13,16,26H,14-15H2,1-3H3,(H,25,27). The number of carbonyl (C=O) groups is 1. The minimum Gasteiger partial charge on any atom is -0.491 e. The molecule has 0 spiro atoms. The number of carbonyl (C=O) groups excluding carboxylic acids is 1. The summed E-state index contributed by atoms with van der Waals surface area (Å²) in [5.74, 6) is 0.505. The minimum atomic E-state index is -3.74. The molecule has 31 heavy (non-hydrogen) atoms. The average Bonchev–Trinajstić information content (AvgIpc) is 2.75. The van der Waals surface area contributed by atoms with E-state index in [1.165, 1.54) is 12.1 Å². The minimum absolute atomic E-state index is 0.160. The number of rotatable bonds is 8. The van der Waals surface area contributed by atoms with E-state index in [1.807, 2.05) is 32.0 Å². The van der Waals surface area contributed by atoms with Crippen LogP contribution in [-0.4, -0.2) is 27.5 Å². The number of sulfonamides is 1. The van der Waals surface area contributed by atoms with Crippen LogP contribution >= 0.6 is 0 Å². The summed E-state index contributed by atoms with van der Waals surface area (Å²) in [6.45, 7) is 6.33. The smallest absolute Gasteiger partial charge is 0.261 e. The Morgan fingerprint density at radius 1 is 0.935 bits per heavy atom. The van der Waals surface area contributed by atoms with Crippen molar-refractivity contribution in [2.24, 2.45) is 0 Å². The van der Waals surface area contributed by atoms with Crippen molar-refractivity contribution in [3.8, 4) is 5.75 Å².